The van der Waals surface area contributed by atoms with Gasteiger partial charge < -0.3 is 9.47 Å². The van der Waals surface area contributed by atoms with E-state index in [0.717, 1.165) is 28.3 Å². The Morgan fingerprint density at radius 3 is 1.35 bits per heavy atom. The molecule has 1 aromatic heterocycles. The highest BCUT2D eigenvalue weighted by atomic mass is 15.1. The lowest BCUT2D eigenvalue weighted by Crippen LogP contribution is -2.09. The standard InChI is InChI=1S/C66H44N2/c1-2-14-45(15-3-1)46-30-37-53(38-31-46)67(54-39-32-49(33-40-54)58-23-12-18-47-16-4-6-19-56(47)58)55-41-34-50(35-42-55)60-24-13-27-65(68-63-25-10-8-21-61(63)62-22-9-11-26-64(62)68)66(60)52-36-43-59-51(44-52)29-28-48-17-5-7-20-57(48)59/h1-44H. The van der Waals surface area contributed by atoms with Gasteiger partial charge in [0, 0.05) is 33.4 Å². The average Bonchev–Trinajstić information content (AvgIpc) is 3.75. The molecule has 0 bridgehead atoms. The van der Waals surface area contributed by atoms with Crippen LogP contribution >= 0.6 is 0 Å². The number of hydrogen-bond donors (Lipinski definition) is 0. The van der Waals surface area contributed by atoms with Gasteiger partial charge in [-0.1, -0.05) is 206 Å². The Hall–Kier alpha value is -8.98. The van der Waals surface area contributed by atoms with Crippen LogP contribution in [-0.4, -0.2) is 4.57 Å². The largest absolute Gasteiger partial charge is 0.311 e. The number of aromatic nitrogens is 1. The number of hydrogen-bond acceptors (Lipinski definition) is 1. The predicted molar refractivity (Wildman–Crippen MR) is 290 cm³/mol. The average molecular weight is 865 g/mol. The molecule has 0 saturated carbocycles. The fraction of sp³-hybridized carbons (Fsp3) is 0. The van der Waals surface area contributed by atoms with Crippen molar-refractivity contribution in [1.82, 2.24) is 4.57 Å². The number of nitrogens with zero attached hydrogens (tertiary/aromatic N) is 2. The highest BCUT2D eigenvalue weighted by Crippen LogP contribution is 2.44. The van der Waals surface area contributed by atoms with Gasteiger partial charge in [0.05, 0.1) is 16.7 Å². The van der Waals surface area contributed by atoms with E-state index in [0.29, 0.717) is 0 Å². The molecule has 13 aromatic rings. The molecule has 2 heteroatoms. The Morgan fingerprint density at radius 1 is 0.250 bits per heavy atom. The third kappa shape index (κ3) is 6.73. The first-order chi connectivity index (χ1) is 33.7. The molecule has 0 fully saturated rings. The Kier molecular flexibility index (Phi) is 9.54. The van der Waals surface area contributed by atoms with Crippen LogP contribution in [0.25, 0.3) is 104 Å². The van der Waals surface area contributed by atoms with Gasteiger partial charge in [-0.3, -0.25) is 0 Å². The SMILES string of the molecule is c1ccc(-c2ccc(N(c3ccc(-c4cccc(-n5c6ccccc6c6ccccc65)c4-c4ccc5c(ccc6ccccc65)c4)cc3)c3ccc(-c4cccc5ccccc45)cc3)cc2)cc1. The smallest absolute Gasteiger partial charge is 0.0546 e. The van der Waals surface area contributed by atoms with E-state index >= 15 is 0 Å². The molecule has 0 aliphatic rings. The van der Waals surface area contributed by atoms with Crippen LogP contribution in [0, 0.1) is 0 Å². The summed E-state index contributed by atoms with van der Waals surface area (Å²) in [5.74, 6) is 0. The molecule has 0 amide bonds. The van der Waals surface area contributed by atoms with Gasteiger partial charge in [-0.15, -0.1) is 0 Å². The van der Waals surface area contributed by atoms with E-state index in [-0.39, 0.29) is 0 Å². The van der Waals surface area contributed by atoms with Crippen molar-refractivity contribution in [3.63, 3.8) is 0 Å². The summed E-state index contributed by atoms with van der Waals surface area (Å²) < 4.78 is 2.46. The van der Waals surface area contributed by atoms with Gasteiger partial charge in [-0.05, 0) is 132 Å². The summed E-state index contributed by atoms with van der Waals surface area (Å²) in [7, 11) is 0. The minimum atomic E-state index is 1.08. The van der Waals surface area contributed by atoms with E-state index in [2.05, 4.69) is 276 Å². The van der Waals surface area contributed by atoms with E-state index in [4.69, 9.17) is 0 Å². The van der Waals surface area contributed by atoms with Gasteiger partial charge in [0.1, 0.15) is 0 Å². The van der Waals surface area contributed by atoms with Crippen LogP contribution in [-0.2, 0) is 0 Å². The van der Waals surface area contributed by atoms with Crippen LogP contribution in [0.3, 0.4) is 0 Å². The topological polar surface area (TPSA) is 8.17 Å². The highest BCUT2D eigenvalue weighted by Gasteiger charge is 2.21. The molecule has 0 saturated heterocycles. The molecule has 0 spiro atoms. The van der Waals surface area contributed by atoms with Gasteiger partial charge in [-0.2, -0.15) is 0 Å². The summed E-state index contributed by atoms with van der Waals surface area (Å²) in [6, 6.07) is 97.5. The summed E-state index contributed by atoms with van der Waals surface area (Å²) in [5, 5.41) is 9.99. The third-order valence-corrected chi connectivity index (χ3v) is 13.8. The molecule has 0 N–H and O–H groups in total. The maximum atomic E-state index is 2.46. The maximum Gasteiger partial charge on any atom is 0.0546 e. The van der Waals surface area contributed by atoms with Crippen molar-refractivity contribution in [1.29, 1.82) is 0 Å². The molecule has 1 heterocycles. The van der Waals surface area contributed by atoms with E-state index in [1.165, 1.54) is 93.1 Å². The normalized spacial score (nSPS) is 11.5. The monoisotopic (exact) mass is 864 g/mol. The number of rotatable bonds is 8. The lowest BCUT2D eigenvalue weighted by atomic mass is 9.90. The van der Waals surface area contributed by atoms with Crippen molar-refractivity contribution < 1.29 is 0 Å². The second kappa shape index (κ2) is 16.5. The summed E-state index contributed by atoms with van der Waals surface area (Å²) in [6.07, 6.45) is 0. The second-order valence-corrected chi connectivity index (χ2v) is 17.7. The van der Waals surface area contributed by atoms with Crippen molar-refractivity contribution in [2.24, 2.45) is 0 Å². The van der Waals surface area contributed by atoms with E-state index in [1.54, 1.807) is 0 Å². The van der Waals surface area contributed by atoms with Crippen LogP contribution in [0.1, 0.15) is 0 Å². The Labute approximate surface area is 395 Å². The predicted octanol–water partition coefficient (Wildman–Crippen LogP) is 18.4. The van der Waals surface area contributed by atoms with Crippen molar-refractivity contribution in [3.05, 3.63) is 267 Å². The maximum absolute atomic E-state index is 2.46. The molecule has 0 unspecified atom stereocenters. The van der Waals surface area contributed by atoms with Crippen LogP contribution < -0.4 is 4.90 Å². The zero-order chi connectivity index (χ0) is 45.0. The van der Waals surface area contributed by atoms with Gasteiger partial charge in [0.2, 0.25) is 0 Å². The fourth-order valence-electron chi connectivity index (χ4n) is 10.6. The van der Waals surface area contributed by atoms with E-state index < -0.39 is 0 Å². The van der Waals surface area contributed by atoms with Gasteiger partial charge in [0.25, 0.3) is 0 Å². The Balaban J connectivity index is 0.966. The molecule has 68 heavy (non-hydrogen) atoms. The zero-order valence-electron chi connectivity index (χ0n) is 37.3. The highest BCUT2D eigenvalue weighted by molar-refractivity contribution is 6.12. The van der Waals surface area contributed by atoms with E-state index in [9.17, 15) is 0 Å². The summed E-state index contributed by atoms with van der Waals surface area (Å²) >= 11 is 0. The van der Waals surface area contributed by atoms with Crippen molar-refractivity contribution in [3.8, 4) is 50.2 Å². The minimum absolute atomic E-state index is 1.08. The van der Waals surface area contributed by atoms with Crippen molar-refractivity contribution in [2.45, 2.75) is 0 Å². The number of anilines is 3. The van der Waals surface area contributed by atoms with Gasteiger partial charge in [0.15, 0.2) is 0 Å². The molecule has 12 aromatic carbocycles. The summed E-state index contributed by atoms with van der Waals surface area (Å²) in [4.78, 5) is 2.37. The van der Waals surface area contributed by atoms with Crippen molar-refractivity contribution in [2.75, 3.05) is 4.90 Å². The lowest BCUT2D eigenvalue weighted by Gasteiger charge is -2.26. The van der Waals surface area contributed by atoms with Crippen LogP contribution in [0.5, 0.6) is 0 Å². The number of fused-ring (bicyclic) bond motifs is 7. The molecule has 318 valence electrons. The quantitative estimate of drug-likeness (QED) is 0.138. The zero-order valence-corrected chi connectivity index (χ0v) is 37.3. The molecule has 0 atom stereocenters. The molecular formula is C66H44N2. The second-order valence-electron chi connectivity index (χ2n) is 17.7. The van der Waals surface area contributed by atoms with Gasteiger partial charge in [-0.25, -0.2) is 0 Å². The molecular weight excluding hydrogens is 821 g/mol. The van der Waals surface area contributed by atoms with Gasteiger partial charge >= 0.3 is 0 Å². The van der Waals surface area contributed by atoms with Crippen LogP contribution in [0.2, 0.25) is 0 Å². The van der Waals surface area contributed by atoms with Crippen LogP contribution in [0.4, 0.5) is 17.1 Å². The summed E-state index contributed by atoms with van der Waals surface area (Å²) in [6.45, 7) is 0. The van der Waals surface area contributed by atoms with Crippen LogP contribution in [0.15, 0.2) is 267 Å². The summed E-state index contributed by atoms with van der Waals surface area (Å²) in [5.41, 5.74) is 16.3. The minimum Gasteiger partial charge on any atom is -0.311 e. The fourth-order valence-corrected chi connectivity index (χ4v) is 10.6. The number of benzene rings is 12. The Bertz CT molecular complexity index is 3940. The third-order valence-electron chi connectivity index (χ3n) is 13.8. The molecule has 2 nitrogen and oxygen atoms in total. The molecule has 0 aliphatic carbocycles. The Morgan fingerprint density at radius 2 is 0.691 bits per heavy atom. The lowest BCUT2D eigenvalue weighted by molar-refractivity contribution is 1.18. The van der Waals surface area contributed by atoms with E-state index in [1.807, 2.05) is 0 Å². The first kappa shape index (κ1) is 39.4. The molecule has 0 aliphatic heterocycles. The number of para-hydroxylation sites is 2. The molecule has 13 rings (SSSR count). The first-order valence-electron chi connectivity index (χ1n) is 23.4. The molecule has 0 radical (unpaired) electrons. The first-order valence-corrected chi connectivity index (χ1v) is 23.4. The van der Waals surface area contributed by atoms with Crippen molar-refractivity contribution >= 4 is 71.2 Å².